The number of imidazole rings is 1. The molecular weight excluding hydrogens is 336 g/mol. The second-order valence-corrected chi connectivity index (χ2v) is 6.06. The molecule has 26 heavy (non-hydrogen) atoms. The van der Waals surface area contributed by atoms with Gasteiger partial charge in [-0.2, -0.15) is 0 Å². The molecule has 1 aliphatic rings. The van der Waals surface area contributed by atoms with Gasteiger partial charge in [0.05, 0.1) is 18.6 Å². The molecule has 8 heteroatoms. The van der Waals surface area contributed by atoms with Crippen molar-refractivity contribution in [1.82, 2.24) is 19.5 Å². The third-order valence-corrected chi connectivity index (χ3v) is 4.41. The normalized spacial score (nSPS) is 26.1. The Morgan fingerprint density at radius 1 is 1.04 bits per heavy atom. The van der Waals surface area contributed by atoms with Gasteiger partial charge in [-0.3, -0.25) is 4.57 Å². The molecule has 8 nitrogen and oxygen atoms in total. The standard InChI is InChI=1S/C18H18N4O4/c23-8-13-15(24)16(25)18(26-13)22-10-21-14-12(19-9-20-17(14)22)7-6-11-4-2-1-3-5-11/h1-7,9-10,13,15-16,18,23-25H,8H2/b7-6+/t13-,15-,16-,18?/m1/s1. The first-order valence-corrected chi connectivity index (χ1v) is 8.22. The molecule has 1 aliphatic heterocycles. The second kappa shape index (κ2) is 6.93. The summed E-state index contributed by atoms with van der Waals surface area (Å²) in [5.41, 5.74) is 2.69. The van der Waals surface area contributed by atoms with E-state index in [1.54, 1.807) is 4.57 Å². The molecule has 1 fully saturated rings. The van der Waals surface area contributed by atoms with E-state index in [1.165, 1.54) is 12.7 Å². The molecule has 0 radical (unpaired) electrons. The van der Waals surface area contributed by atoms with Gasteiger partial charge in [0.25, 0.3) is 0 Å². The number of ether oxygens (including phenoxy) is 1. The van der Waals surface area contributed by atoms with Gasteiger partial charge < -0.3 is 20.1 Å². The maximum absolute atomic E-state index is 10.2. The van der Waals surface area contributed by atoms with Crippen LogP contribution in [0.4, 0.5) is 0 Å². The van der Waals surface area contributed by atoms with Gasteiger partial charge in [0.1, 0.15) is 30.2 Å². The van der Waals surface area contributed by atoms with Gasteiger partial charge in [0.15, 0.2) is 11.9 Å². The van der Waals surface area contributed by atoms with Gasteiger partial charge in [-0.1, -0.05) is 36.4 Å². The van der Waals surface area contributed by atoms with Crippen molar-refractivity contribution in [2.45, 2.75) is 24.5 Å². The largest absolute Gasteiger partial charge is 0.394 e. The van der Waals surface area contributed by atoms with Gasteiger partial charge in [-0.15, -0.1) is 0 Å². The highest BCUT2D eigenvalue weighted by Gasteiger charge is 2.43. The Bertz CT molecular complexity index is 927. The molecule has 2 aromatic heterocycles. The zero-order valence-corrected chi connectivity index (χ0v) is 13.8. The minimum absolute atomic E-state index is 0.387. The molecule has 0 amide bonds. The first-order chi connectivity index (χ1) is 12.7. The predicted molar refractivity (Wildman–Crippen MR) is 93.7 cm³/mol. The highest BCUT2D eigenvalue weighted by Crippen LogP contribution is 2.31. The zero-order chi connectivity index (χ0) is 18.1. The lowest BCUT2D eigenvalue weighted by Crippen LogP contribution is -2.33. The molecular formula is C18H18N4O4. The van der Waals surface area contributed by atoms with E-state index in [9.17, 15) is 15.3 Å². The Balaban J connectivity index is 1.69. The van der Waals surface area contributed by atoms with E-state index in [4.69, 9.17) is 4.74 Å². The summed E-state index contributed by atoms with van der Waals surface area (Å²) in [6.07, 6.45) is 2.55. The molecule has 3 aromatic rings. The summed E-state index contributed by atoms with van der Waals surface area (Å²) in [6, 6.07) is 9.81. The highest BCUT2D eigenvalue weighted by molar-refractivity contribution is 5.84. The zero-order valence-electron chi connectivity index (χ0n) is 13.8. The van der Waals surface area contributed by atoms with Crippen molar-refractivity contribution in [3.05, 3.63) is 54.2 Å². The first kappa shape index (κ1) is 16.8. The van der Waals surface area contributed by atoms with E-state index in [-0.39, 0.29) is 6.61 Å². The molecule has 0 bridgehead atoms. The van der Waals surface area contributed by atoms with Crippen LogP contribution in [-0.2, 0) is 4.74 Å². The number of hydrogen-bond acceptors (Lipinski definition) is 7. The number of aromatic nitrogens is 4. The van der Waals surface area contributed by atoms with Crippen molar-refractivity contribution in [1.29, 1.82) is 0 Å². The van der Waals surface area contributed by atoms with E-state index in [2.05, 4.69) is 15.0 Å². The van der Waals surface area contributed by atoms with Crippen molar-refractivity contribution in [2.75, 3.05) is 6.61 Å². The molecule has 134 valence electrons. The average molecular weight is 354 g/mol. The van der Waals surface area contributed by atoms with Crippen LogP contribution in [0.2, 0.25) is 0 Å². The molecule has 0 saturated carbocycles. The van der Waals surface area contributed by atoms with E-state index >= 15 is 0 Å². The Morgan fingerprint density at radius 2 is 1.85 bits per heavy atom. The lowest BCUT2D eigenvalue weighted by Gasteiger charge is -2.16. The van der Waals surface area contributed by atoms with Crippen molar-refractivity contribution in [3.63, 3.8) is 0 Å². The van der Waals surface area contributed by atoms with Gasteiger partial charge in [-0.05, 0) is 11.6 Å². The SMILES string of the molecule is OC[C@H]1OC(n2cnc3c(/C=C/c4ccccc4)ncnc32)[C@H](O)[C@@H]1O. The summed E-state index contributed by atoms with van der Waals surface area (Å²) >= 11 is 0. The summed E-state index contributed by atoms with van der Waals surface area (Å²) < 4.78 is 7.09. The van der Waals surface area contributed by atoms with Crippen LogP contribution < -0.4 is 0 Å². The van der Waals surface area contributed by atoms with Crippen molar-refractivity contribution in [2.24, 2.45) is 0 Å². The number of fused-ring (bicyclic) bond motifs is 1. The summed E-state index contributed by atoms with van der Waals surface area (Å²) in [5, 5.41) is 29.4. The van der Waals surface area contributed by atoms with Gasteiger partial charge in [-0.25, -0.2) is 15.0 Å². The van der Waals surface area contributed by atoms with E-state index in [0.29, 0.717) is 16.9 Å². The summed E-state index contributed by atoms with van der Waals surface area (Å²) in [6.45, 7) is -0.387. The molecule has 1 unspecified atom stereocenters. The third kappa shape index (κ3) is 2.89. The fraction of sp³-hybridized carbons (Fsp3) is 0.278. The molecule has 0 spiro atoms. The van der Waals surface area contributed by atoms with E-state index in [1.807, 2.05) is 42.5 Å². The topological polar surface area (TPSA) is 114 Å². The number of nitrogens with zero attached hydrogens (tertiary/aromatic N) is 4. The monoisotopic (exact) mass is 354 g/mol. The fourth-order valence-electron chi connectivity index (χ4n) is 3.03. The molecule has 3 heterocycles. The van der Waals surface area contributed by atoms with Crippen LogP contribution >= 0.6 is 0 Å². The number of aliphatic hydroxyl groups is 3. The van der Waals surface area contributed by atoms with Crippen molar-refractivity contribution in [3.8, 4) is 0 Å². The van der Waals surface area contributed by atoms with Crippen molar-refractivity contribution < 1.29 is 20.1 Å². The Hall–Kier alpha value is -2.65. The molecule has 1 aromatic carbocycles. The summed E-state index contributed by atoms with van der Waals surface area (Å²) in [4.78, 5) is 12.8. The Labute approximate surface area is 149 Å². The second-order valence-electron chi connectivity index (χ2n) is 6.06. The molecule has 4 atom stereocenters. The number of benzene rings is 1. The van der Waals surface area contributed by atoms with Gasteiger partial charge in [0, 0.05) is 0 Å². The van der Waals surface area contributed by atoms with E-state index in [0.717, 1.165) is 5.56 Å². The first-order valence-electron chi connectivity index (χ1n) is 8.22. The third-order valence-electron chi connectivity index (χ3n) is 4.41. The van der Waals surface area contributed by atoms with Crippen LogP contribution in [0.5, 0.6) is 0 Å². The number of aliphatic hydroxyl groups excluding tert-OH is 3. The minimum atomic E-state index is -1.19. The quantitative estimate of drug-likeness (QED) is 0.629. The Morgan fingerprint density at radius 3 is 2.58 bits per heavy atom. The van der Waals surface area contributed by atoms with Gasteiger partial charge >= 0.3 is 0 Å². The van der Waals surface area contributed by atoms with Crippen molar-refractivity contribution >= 4 is 23.3 Å². The average Bonchev–Trinajstić information content (AvgIpc) is 3.23. The summed E-state index contributed by atoms with van der Waals surface area (Å²) in [7, 11) is 0. The lowest BCUT2D eigenvalue weighted by atomic mass is 10.1. The van der Waals surface area contributed by atoms with Crippen LogP contribution in [0.15, 0.2) is 43.0 Å². The predicted octanol–water partition coefficient (Wildman–Crippen LogP) is 0.608. The molecule has 0 aliphatic carbocycles. The van der Waals surface area contributed by atoms with Crippen LogP contribution in [0.3, 0.4) is 0 Å². The van der Waals surface area contributed by atoms with Crippen LogP contribution in [0.25, 0.3) is 23.3 Å². The molecule has 4 rings (SSSR count). The van der Waals surface area contributed by atoms with Crippen LogP contribution in [0.1, 0.15) is 17.5 Å². The fourth-order valence-corrected chi connectivity index (χ4v) is 3.03. The smallest absolute Gasteiger partial charge is 0.166 e. The lowest BCUT2D eigenvalue weighted by molar-refractivity contribution is -0.0511. The summed E-state index contributed by atoms with van der Waals surface area (Å²) in [5.74, 6) is 0. The number of hydrogen-bond donors (Lipinski definition) is 3. The maximum Gasteiger partial charge on any atom is 0.166 e. The number of rotatable bonds is 4. The molecule has 3 N–H and O–H groups in total. The Kier molecular flexibility index (Phi) is 4.48. The maximum atomic E-state index is 10.2. The molecule has 1 saturated heterocycles. The van der Waals surface area contributed by atoms with E-state index < -0.39 is 24.5 Å². The highest BCUT2D eigenvalue weighted by atomic mass is 16.6. The minimum Gasteiger partial charge on any atom is -0.394 e. The van der Waals surface area contributed by atoms with Gasteiger partial charge in [0.2, 0.25) is 0 Å². The van der Waals surface area contributed by atoms with Crippen LogP contribution in [-0.4, -0.2) is 59.8 Å². The van der Waals surface area contributed by atoms with Crippen LogP contribution in [0, 0.1) is 0 Å².